The van der Waals surface area contributed by atoms with Gasteiger partial charge in [-0.1, -0.05) is 6.07 Å². The normalized spacial score (nSPS) is 13.7. The fourth-order valence-corrected chi connectivity index (χ4v) is 2.80. The van der Waals surface area contributed by atoms with Crippen molar-refractivity contribution in [3.63, 3.8) is 0 Å². The highest BCUT2D eigenvalue weighted by Gasteiger charge is 2.32. The minimum atomic E-state index is -0.709. The quantitative estimate of drug-likeness (QED) is 0.760. The van der Waals surface area contributed by atoms with Crippen molar-refractivity contribution >= 4 is 29.2 Å². The molecule has 0 saturated carbocycles. The number of carbonyl (C=O) groups is 3. The molecule has 0 bridgehead atoms. The number of hydrogen-bond donors (Lipinski definition) is 1. The average Bonchev–Trinajstić information content (AvgIpc) is 2.78. The molecule has 0 unspecified atom stereocenters. The maximum atomic E-state index is 12.6. The fraction of sp³-hybridized carbons (Fsp3) is 0.200. The predicted octanol–water partition coefficient (Wildman–Crippen LogP) is 1.73. The van der Waals surface area contributed by atoms with Gasteiger partial charge in [0.25, 0.3) is 5.91 Å². The lowest BCUT2D eigenvalue weighted by molar-refractivity contribution is -0.140. The molecule has 1 aromatic heterocycles. The number of hydrogen-bond acceptors (Lipinski definition) is 8. The van der Waals surface area contributed by atoms with E-state index in [0.29, 0.717) is 16.9 Å². The number of rotatable bonds is 5. The molecule has 0 atom stereocenters. The van der Waals surface area contributed by atoms with Crippen LogP contribution in [0.25, 0.3) is 0 Å². The van der Waals surface area contributed by atoms with Crippen LogP contribution < -0.4 is 10.2 Å². The van der Waals surface area contributed by atoms with E-state index in [9.17, 15) is 14.4 Å². The molecule has 150 valence electrons. The Hall–Kier alpha value is -3.72. The Morgan fingerprint density at radius 1 is 1.10 bits per heavy atom. The highest BCUT2D eigenvalue weighted by atomic mass is 16.5. The van der Waals surface area contributed by atoms with Gasteiger partial charge in [-0.3, -0.25) is 9.78 Å². The highest BCUT2D eigenvalue weighted by Crippen LogP contribution is 2.27. The van der Waals surface area contributed by atoms with Crippen LogP contribution in [0.5, 0.6) is 0 Å². The van der Waals surface area contributed by atoms with Gasteiger partial charge in [0.05, 0.1) is 38.3 Å². The van der Waals surface area contributed by atoms with Crippen LogP contribution in [0.2, 0.25) is 0 Å². The number of carbonyl (C=O) groups excluding carboxylic acids is 3. The molecule has 1 aliphatic heterocycles. The van der Waals surface area contributed by atoms with Gasteiger partial charge in [0.2, 0.25) is 0 Å². The molecular weight excluding hydrogens is 378 g/mol. The lowest BCUT2D eigenvalue weighted by Gasteiger charge is -2.31. The van der Waals surface area contributed by atoms with E-state index in [4.69, 9.17) is 14.2 Å². The van der Waals surface area contributed by atoms with Gasteiger partial charge >= 0.3 is 11.9 Å². The van der Waals surface area contributed by atoms with Crippen molar-refractivity contribution in [2.24, 2.45) is 0 Å². The molecule has 29 heavy (non-hydrogen) atoms. The number of aromatic nitrogens is 1. The predicted molar refractivity (Wildman–Crippen MR) is 103 cm³/mol. The van der Waals surface area contributed by atoms with Gasteiger partial charge in [-0.05, 0) is 30.3 Å². The van der Waals surface area contributed by atoms with Gasteiger partial charge in [0, 0.05) is 17.4 Å². The number of methoxy groups -OCH3 is 2. The van der Waals surface area contributed by atoms with E-state index in [1.54, 1.807) is 42.6 Å². The summed E-state index contributed by atoms with van der Waals surface area (Å²) in [5.41, 5.74) is 1.42. The van der Waals surface area contributed by atoms with Crippen molar-refractivity contribution in [3.05, 3.63) is 65.6 Å². The van der Waals surface area contributed by atoms with Crippen LogP contribution in [-0.4, -0.2) is 50.4 Å². The van der Waals surface area contributed by atoms with E-state index in [0.717, 1.165) is 0 Å². The van der Waals surface area contributed by atoms with Gasteiger partial charge in [-0.25, -0.2) is 9.59 Å². The van der Waals surface area contributed by atoms with E-state index in [1.807, 2.05) is 0 Å². The first-order chi connectivity index (χ1) is 14.0. The maximum absolute atomic E-state index is 12.6. The SMILES string of the molecule is COC(=O)C1=C(C(=O)OC)N(c2cccc(C(=O)Nc3cccnc3)c2)COC1. The van der Waals surface area contributed by atoms with Crippen LogP contribution in [0.1, 0.15) is 10.4 Å². The lowest BCUT2D eigenvalue weighted by Crippen LogP contribution is -2.38. The van der Waals surface area contributed by atoms with Gasteiger partial charge < -0.3 is 24.4 Å². The Balaban J connectivity index is 1.95. The maximum Gasteiger partial charge on any atom is 0.355 e. The number of nitrogens with zero attached hydrogens (tertiary/aromatic N) is 2. The first kappa shape index (κ1) is 20.0. The summed E-state index contributed by atoms with van der Waals surface area (Å²) < 4.78 is 15.0. The van der Waals surface area contributed by atoms with Crippen LogP contribution in [0.4, 0.5) is 11.4 Å². The molecule has 0 radical (unpaired) electrons. The van der Waals surface area contributed by atoms with Crippen molar-refractivity contribution < 1.29 is 28.6 Å². The van der Waals surface area contributed by atoms with Crippen molar-refractivity contribution in [2.75, 3.05) is 37.8 Å². The largest absolute Gasteiger partial charge is 0.466 e. The molecule has 2 aromatic rings. The van der Waals surface area contributed by atoms with Crippen LogP contribution in [-0.2, 0) is 23.8 Å². The van der Waals surface area contributed by atoms with Crippen LogP contribution in [0, 0.1) is 0 Å². The third-order valence-electron chi connectivity index (χ3n) is 4.17. The number of nitrogens with one attached hydrogen (secondary N) is 1. The Kier molecular flexibility index (Phi) is 6.20. The molecule has 0 fully saturated rings. The van der Waals surface area contributed by atoms with E-state index in [-0.39, 0.29) is 30.5 Å². The molecule has 9 heteroatoms. The zero-order chi connectivity index (χ0) is 20.8. The van der Waals surface area contributed by atoms with Crippen LogP contribution in [0.3, 0.4) is 0 Å². The van der Waals surface area contributed by atoms with E-state index >= 15 is 0 Å². The topological polar surface area (TPSA) is 107 Å². The fourth-order valence-electron chi connectivity index (χ4n) is 2.80. The Labute approximate surface area is 166 Å². The Morgan fingerprint density at radius 3 is 2.59 bits per heavy atom. The van der Waals surface area contributed by atoms with Crippen LogP contribution in [0.15, 0.2) is 60.1 Å². The number of benzene rings is 1. The van der Waals surface area contributed by atoms with Crippen molar-refractivity contribution in [3.8, 4) is 0 Å². The van der Waals surface area contributed by atoms with Gasteiger partial charge in [0.15, 0.2) is 0 Å². The first-order valence-corrected chi connectivity index (χ1v) is 8.61. The molecule has 0 spiro atoms. The van der Waals surface area contributed by atoms with Gasteiger partial charge in [-0.15, -0.1) is 0 Å². The molecule has 1 N–H and O–H groups in total. The standard InChI is InChI=1S/C20H19N3O6/c1-27-19(25)16-11-29-12-23(17(16)20(26)28-2)15-7-3-5-13(9-15)18(24)22-14-6-4-8-21-10-14/h3-10H,11-12H2,1-2H3,(H,22,24). The summed E-state index contributed by atoms with van der Waals surface area (Å²) in [4.78, 5) is 42.4. The molecule has 1 aliphatic rings. The van der Waals surface area contributed by atoms with E-state index < -0.39 is 11.9 Å². The number of esters is 2. The number of amides is 1. The smallest absolute Gasteiger partial charge is 0.355 e. The Bertz CT molecular complexity index is 958. The second-order valence-corrected chi connectivity index (χ2v) is 5.96. The Morgan fingerprint density at radius 2 is 1.90 bits per heavy atom. The zero-order valence-electron chi connectivity index (χ0n) is 15.9. The average molecular weight is 397 g/mol. The molecule has 1 amide bonds. The molecule has 3 rings (SSSR count). The first-order valence-electron chi connectivity index (χ1n) is 8.61. The van der Waals surface area contributed by atoms with Gasteiger partial charge in [0.1, 0.15) is 12.4 Å². The number of ether oxygens (including phenoxy) is 3. The van der Waals surface area contributed by atoms with Crippen molar-refractivity contribution in [1.82, 2.24) is 4.98 Å². The summed E-state index contributed by atoms with van der Waals surface area (Å²) in [6, 6.07) is 9.98. The molecule has 9 nitrogen and oxygen atoms in total. The lowest BCUT2D eigenvalue weighted by atomic mass is 10.1. The third kappa shape index (κ3) is 4.41. The summed E-state index contributed by atoms with van der Waals surface area (Å²) in [5, 5.41) is 2.74. The monoisotopic (exact) mass is 397 g/mol. The minimum absolute atomic E-state index is 0.00138. The summed E-state index contributed by atoms with van der Waals surface area (Å²) >= 11 is 0. The second kappa shape index (κ2) is 8.98. The summed E-state index contributed by atoms with van der Waals surface area (Å²) in [7, 11) is 2.43. The molecule has 1 aromatic carbocycles. The van der Waals surface area contributed by atoms with Gasteiger partial charge in [-0.2, -0.15) is 0 Å². The summed E-state index contributed by atoms with van der Waals surface area (Å²) in [6.07, 6.45) is 3.13. The summed E-state index contributed by atoms with van der Waals surface area (Å²) in [5.74, 6) is -1.76. The van der Waals surface area contributed by atoms with E-state index in [2.05, 4.69) is 10.3 Å². The van der Waals surface area contributed by atoms with E-state index in [1.165, 1.54) is 25.3 Å². The summed E-state index contributed by atoms with van der Waals surface area (Å²) in [6.45, 7) is -0.0899. The van der Waals surface area contributed by atoms with Crippen molar-refractivity contribution in [2.45, 2.75) is 0 Å². The molecule has 0 aliphatic carbocycles. The number of anilines is 2. The molecular formula is C20H19N3O6. The minimum Gasteiger partial charge on any atom is -0.466 e. The molecule has 0 saturated heterocycles. The van der Waals surface area contributed by atoms with Crippen molar-refractivity contribution in [1.29, 1.82) is 0 Å². The zero-order valence-corrected chi connectivity index (χ0v) is 15.9. The third-order valence-corrected chi connectivity index (χ3v) is 4.17. The van der Waals surface area contributed by atoms with Crippen LogP contribution >= 0.6 is 0 Å². The highest BCUT2D eigenvalue weighted by molar-refractivity contribution is 6.06. The number of pyridine rings is 1. The second-order valence-electron chi connectivity index (χ2n) is 5.96. The molecule has 2 heterocycles.